The Bertz CT molecular complexity index is 1210. The topological polar surface area (TPSA) is 53.2 Å². The second kappa shape index (κ2) is 8.44. The lowest BCUT2D eigenvalue weighted by atomic mass is 10.2. The Hall–Kier alpha value is -3.86. The molecule has 0 unspecified atom stereocenters. The highest BCUT2D eigenvalue weighted by Crippen LogP contribution is 2.13. The summed E-state index contributed by atoms with van der Waals surface area (Å²) in [6, 6.07) is 26.3. The molecule has 4 rings (SSSR count). The van der Waals surface area contributed by atoms with Gasteiger partial charge in [-0.1, -0.05) is 84.9 Å². The number of aromatic nitrogens is 2. The Balaban J connectivity index is 1.64. The fourth-order valence-corrected chi connectivity index (χ4v) is 3.19. The average molecular weight is 384 g/mol. The van der Waals surface area contributed by atoms with E-state index in [9.17, 15) is 9.59 Å². The number of hydrogen-bond acceptors (Lipinski definition) is 3. The highest BCUT2D eigenvalue weighted by molar-refractivity contribution is 5.87. The van der Waals surface area contributed by atoms with Crippen LogP contribution in [0.3, 0.4) is 0 Å². The lowest BCUT2D eigenvalue weighted by Crippen LogP contribution is -2.28. The number of ether oxygens (including phenoxy) is 1. The molecule has 4 aromatic rings. The number of fused-ring (bicyclic) bond motifs is 1. The first-order chi connectivity index (χ1) is 14.2. The van der Waals surface area contributed by atoms with Gasteiger partial charge in [0.05, 0.1) is 17.4 Å². The number of allylic oxidation sites excluding steroid dienone is 1. The second-order valence-corrected chi connectivity index (χ2v) is 6.57. The minimum absolute atomic E-state index is 0.139. The van der Waals surface area contributed by atoms with Crippen molar-refractivity contribution in [2.24, 2.45) is 0 Å². The molecule has 0 fully saturated rings. The molecule has 144 valence electrons. The maximum absolute atomic E-state index is 12.9. The largest absolute Gasteiger partial charge is 0.443 e. The zero-order valence-corrected chi connectivity index (χ0v) is 15.8. The van der Waals surface area contributed by atoms with Crippen LogP contribution >= 0.6 is 0 Å². The monoisotopic (exact) mass is 384 g/mol. The number of carbonyl (C=O) groups excluding carboxylic acids is 1. The zero-order chi connectivity index (χ0) is 20.1. The van der Waals surface area contributed by atoms with Crippen LogP contribution < -0.4 is 5.56 Å². The van der Waals surface area contributed by atoms with Crippen LogP contribution in [-0.2, 0) is 17.9 Å². The smallest absolute Gasteiger partial charge is 0.434 e. The van der Waals surface area contributed by atoms with E-state index in [2.05, 4.69) is 0 Å². The molecule has 0 spiro atoms. The fourth-order valence-electron chi connectivity index (χ4n) is 3.19. The molecule has 5 nitrogen and oxygen atoms in total. The van der Waals surface area contributed by atoms with Crippen molar-refractivity contribution < 1.29 is 9.53 Å². The van der Waals surface area contributed by atoms with Crippen molar-refractivity contribution in [2.75, 3.05) is 0 Å². The first kappa shape index (κ1) is 18.5. The number of para-hydroxylation sites is 1. The molecule has 0 N–H and O–H groups in total. The predicted octanol–water partition coefficient (Wildman–Crippen LogP) is 4.70. The van der Waals surface area contributed by atoms with Gasteiger partial charge in [0.2, 0.25) is 0 Å². The van der Waals surface area contributed by atoms with E-state index in [1.807, 2.05) is 72.8 Å². The summed E-state index contributed by atoms with van der Waals surface area (Å²) in [6.45, 7) is 0.392. The number of benzene rings is 3. The van der Waals surface area contributed by atoms with Gasteiger partial charge in [0.1, 0.15) is 6.61 Å². The van der Waals surface area contributed by atoms with E-state index in [0.29, 0.717) is 10.9 Å². The highest BCUT2D eigenvalue weighted by Gasteiger charge is 2.18. The Morgan fingerprint density at radius 2 is 1.52 bits per heavy atom. The van der Waals surface area contributed by atoms with Crippen LogP contribution in [0.4, 0.5) is 4.79 Å². The third kappa shape index (κ3) is 4.04. The van der Waals surface area contributed by atoms with Crippen LogP contribution in [0.5, 0.6) is 0 Å². The Kier molecular flexibility index (Phi) is 5.38. The van der Waals surface area contributed by atoms with E-state index in [1.54, 1.807) is 24.3 Å². The van der Waals surface area contributed by atoms with Gasteiger partial charge >= 0.3 is 6.09 Å². The van der Waals surface area contributed by atoms with E-state index in [0.717, 1.165) is 11.1 Å². The van der Waals surface area contributed by atoms with Crippen LogP contribution in [-0.4, -0.2) is 15.5 Å². The molecule has 0 aliphatic carbocycles. The molecule has 1 heterocycles. The average Bonchev–Trinajstić information content (AvgIpc) is 3.06. The summed E-state index contributed by atoms with van der Waals surface area (Å²) in [5.41, 5.74) is 2.21. The van der Waals surface area contributed by atoms with E-state index in [4.69, 9.17) is 4.74 Å². The van der Waals surface area contributed by atoms with Gasteiger partial charge < -0.3 is 4.74 Å². The number of hydrogen-bond donors (Lipinski definition) is 0. The molecule has 0 amide bonds. The van der Waals surface area contributed by atoms with E-state index >= 15 is 0 Å². The summed E-state index contributed by atoms with van der Waals surface area (Å²) >= 11 is 0. The maximum atomic E-state index is 12.9. The molecule has 29 heavy (non-hydrogen) atoms. The summed E-state index contributed by atoms with van der Waals surface area (Å²) in [6.07, 6.45) is 3.20. The number of carbonyl (C=O) groups is 1. The van der Waals surface area contributed by atoms with Gasteiger partial charge in [-0.2, -0.15) is 4.68 Å². The first-order valence-corrected chi connectivity index (χ1v) is 9.37. The molecule has 1 aromatic heterocycles. The highest BCUT2D eigenvalue weighted by atomic mass is 16.6. The first-order valence-electron chi connectivity index (χ1n) is 9.37. The molecule has 5 heteroatoms. The second-order valence-electron chi connectivity index (χ2n) is 6.57. The van der Waals surface area contributed by atoms with Gasteiger partial charge in [-0.15, -0.1) is 0 Å². The van der Waals surface area contributed by atoms with Crippen LogP contribution in [0.2, 0.25) is 0 Å². The Labute approximate surface area is 168 Å². The summed E-state index contributed by atoms with van der Waals surface area (Å²) in [5, 5.41) is 0.484. The van der Waals surface area contributed by atoms with E-state index < -0.39 is 6.09 Å². The van der Waals surface area contributed by atoms with Gasteiger partial charge in [-0.3, -0.25) is 4.79 Å². The van der Waals surface area contributed by atoms with Crippen molar-refractivity contribution in [1.29, 1.82) is 0 Å². The van der Waals surface area contributed by atoms with Gasteiger partial charge in [0.15, 0.2) is 0 Å². The van der Waals surface area contributed by atoms with Gasteiger partial charge in [-0.25, -0.2) is 9.48 Å². The number of nitrogens with zero attached hydrogens (tertiary/aromatic N) is 2. The van der Waals surface area contributed by atoms with Crippen molar-refractivity contribution in [3.05, 3.63) is 112 Å². The number of rotatable bonds is 5. The third-order valence-electron chi connectivity index (χ3n) is 4.60. The minimum atomic E-state index is -0.583. The van der Waals surface area contributed by atoms with E-state index in [-0.39, 0.29) is 18.7 Å². The zero-order valence-electron chi connectivity index (χ0n) is 15.8. The van der Waals surface area contributed by atoms with Crippen molar-refractivity contribution in [3.63, 3.8) is 0 Å². The molecule has 0 saturated carbocycles. The van der Waals surface area contributed by atoms with E-state index in [1.165, 1.54) is 9.36 Å². The third-order valence-corrected chi connectivity index (χ3v) is 4.60. The molecule has 3 aromatic carbocycles. The lowest BCUT2D eigenvalue weighted by molar-refractivity contribution is 0.135. The minimum Gasteiger partial charge on any atom is -0.443 e. The summed E-state index contributed by atoms with van der Waals surface area (Å²) in [7, 11) is 0. The SMILES string of the molecule is O=C(OCc1ccccc1)n1c2ccccc2c(=O)n1C/C=C/c1ccccc1. The van der Waals surface area contributed by atoms with Crippen molar-refractivity contribution in [2.45, 2.75) is 13.2 Å². The summed E-state index contributed by atoms with van der Waals surface area (Å²) in [4.78, 5) is 25.7. The van der Waals surface area contributed by atoms with Gasteiger partial charge in [-0.05, 0) is 23.3 Å². The fraction of sp³-hybridized carbons (Fsp3) is 0.0833. The van der Waals surface area contributed by atoms with Crippen molar-refractivity contribution in [3.8, 4) is 0 Å². The predicted molar refractivity (Wildman–Crippen MR) is 114 cm³/mol. The van der Waals surface area contributed by atoms with Crippen LogP contribution in [0.1, 0.15) is 11.1 Å². The van der Waals surface area contributed by atoms with Crippen LogP contribution in [0.15, 0.2) is 95.8 Å². The molecule has 0 aliphatic heterocycles. The Morgan fingerprint density at radius 3 is 2.28 bits per heavy atom. The van der Waals surface area contributed by atoms with Gasteiger partial charge in [0, 0.05) is 0 Å². The molecular weight excluding hydrogens is 364 g/mol. The molecule has 0 aliphatic rings. The lowest BCUT2D eigenvalue weighted by Gasteiger charge is -2.11. The van der Waals surface area contributed by atoms with Crippen LogP contribution in [0, 0.1) is 0 Å². The molecule has 0 radical (unpaired) electrons. The molecular formula is C24H20N2O3. The normalized spacial score (nSPS) is 11.2. The van der Waals surface area contributed by atoms with Crippen LogP contribution in [0.25, 0.3) is 17.0 Å². The Morgan fingerprint density at radius 1 is 0.862 bits per heavy atom. The van der Waals surface area contributed by atoms with Gasteiger partial charge in [0.25, 0.3) is 5.56 Å². The molecule has 0 atom stereocenters. The quantitative estimate of drug-likeness (QED) is 0.501. The van der Waals surface area contributed by atoms with Crippen molar-refractivity contribution in [1.82, 2.24) is 9.36 Å². The maximum Gasteiger partial charge on any atom is 0.434 e. The summed E-state index contributed by atoms with van der Waals surface area (Å²) < 4.78 is 8.20. The molecule has 0 saturated heterocycles. The standard InChI is InChI=1S/C24H20N2O3/c27-23-21-15-7-8-16-22(21)26(24(28)29-18-20-12-5-2-6-13-20)25(23)17-9-14-19-10-3-1-4-11-19/h1-16H,17-18H2/b14-9+. The van der Waals surface area contributed by atoms with Crippen molar-refractivity contribution >= 4 is 23.1 Å². The molecule has 0 bridgehead atoms. The summed E-state index contributed by atoms with van der Waals surface area (Å²) in [5.74, 6) is 0.